The number of rotatable bonds is 5. The number of carbonyl (C=O) groups excluding carboxylic acids is 2. The van der Waals surface area contributed by atoms with Gasteiger partial charge in [0.2, 0.25) is 0 Å². The molecule has 0 bridgehead atoms. The minimum Gasteiger partial charge on any atom is -0.452 e. The number of para-hydroxylation sites is 1. The summed E-state index contributed by atoms with van der Waals surface area (Å²) in [7, 11) is 0. The summed E-state index contributed by atoms with van der Waals surface area (Å²) in [5.41, 5.74) is 1.76. The number of anilines is 1. The first kappa shape index (κ1) is 16.4. The van der Waals surface area contributed by atoms with Crippen molar-refractivity contribution < 1.29 is 18.8 Å². The highest BCUT2D eigenvalue weighted by molar-refractivity contribution is 5.95. The molecule has 0 saturated carbocycles. The van der Waals surface area contributed by atoms with Crippen molar-refractivity contribution in [2.24, 2.45) is 0 Å². The Morgan fingerprint density at radius 2 is 2.00 bits per heavy atom. The van der Waals surface area contributed by atoms with Gasteiger partial charge in [-0.2, -0.15) is 5.10 Å². The van der Waals surface area contributed by atoms with Gasteiger partial charge in [0, 0.05) is 6.07 Å². The normalized spacial score (nSPS) is 10.5. The molecule has 3 rings (SSSR count). The summed E-state index contributed by atoms with van der Waals surface area (Å²) in [6.45, 7) is 3.03. The summed E-state index contributed by atoms with van der Waals surface area (Å²) in [5, 5.41) is 10.3. The Hall–Kier alpha value is -3.42. The van der Waals surface area contributed by atoms with Gasteiger partial charge in [0.1, 0.15) is 11.3 Å². The molecule has 2 heterocycles. The number of nitrogens with zero attached hydrogens (tertiary/aromatic N) is 3. The van der Waals surface area contributed by atoms with Gasteiger partial charge < -0.3 is 14.6 Å². The number of aryl methyl sites for hydroxylation is 1. The van der Waals surface area contributed by atoms with Gasteiger partial charge in [-0.1, -0.05) is 23.4 Å². The quantitative estimate of drug-likeness (QED) is 0.715. The summed E-state index contributed by atoms with van der Waals surface area (Å²) in [4.78, 5) is 24.0. The van der Waals surface area contributed by atoms with Crippen LogP contribution in [-0.2, 0) is 9.53 Å². The van der Waals surface area contributed by atoms with E-state index in [4.69, 9.17) is 9.26 Å². The van der Waals surface area contributed by atoms with Crippen molar-refractivity contribution in [3.63, 3.8) is 0 Å². The fourth-order valence-electron chi connectivity index (χ4n) is 2.25. The monoisotopic (exact) mass is 340 g/mol. The lowest BCUT2D eigenvalue weighted by Crippen LogP contribution is -2.21. The third-order valence-corrected chi connectivity index (χ3v) is 3.46. The molecular weight excluding hydrogens is 324 g/mol. The summed E-state index contributed by atoms with van der Waals surface area (Å²) in [6.07, 6.45) is 1.42. The molecule has 128 valence electrons. The van der Waals surface area contributed by atoms with Crippen LogP contribution in [0.2, 0.25) is 0 Å². The zero-order chi connectivity index (χ0) is 17.8. The van der Waals surface area contributed by atoms with Crippen LogP contribution < -0.4 is 5.32 Å². The molecule has 1 amide bonds. The smallest absolute Gasteiger partial charge is 0.342 e. The highest BCUT2D eigenvalue weighted by atomic mass is 16.5. The molecule has 0 atom stereocenters. The van der Waals surface area contributed by atoms with Crippen LogP contribution in [-0.4, -0.2) is 33.4 Å². The topological polar surface area (TPSA) is 99.2 Å². The zero-order valence-corrected chi connectivity index (χ0v) is 13.7. The molecule has 8 nitrogen and oxygen atoms in total. The predicted octanol–water partition coefficient (Wildman–Crippen LogP) is 2.27. The first-order chi connectivity index (χ1) is 12.0. The van der Waals surface area contributed by atoms with Crippen LogP contribution >= 0.6 is 0 Å². The Balaban J connectivity index is 1.62. The van der Waals surface area contributed by atoms with E-state index in [0.717, 1.165) is 5.69 Å². The van der Waals surface area contributed by atoms with Crippen molar-refractivity contribution >= 4 is 17.7 Å². The van der Waals surface area contributed by atoms with Crippen LogP contribution in [0.3, 0.4) is 0 Å². The number of carbonyl (C=O) groups is 2. The second kappa shape index (κ2) is 7.00. The van der Waals surface area contributed by atoms with Gasteiger partial charge in [0.15, 0.2) is 12.4 Å². The van der Waals surface area contributed by atoms with E-state index >= 15 is 0 Å². The Morgan fingerprint density at radius 1 is 1.24 bits per heavy atom. The maximum absolute atomic E-state index is 12.2. The van der Waals surface area contributed by atoms with Crippen LogP contribution in [0.1, 0.15) is 21.8 Å². The summed E-state index contributed by atoms with van der Waals surface area (Å²) < 4.78 is 11.5. The van der Waals surface area contributed by atoms with E-state index in [1.807, 2.05) is 30.3 Å². The number of amides is 1. The third kappa shape index (κ3) is 3.74. The number of nitrogens with one attached hydrogen (secondary N) is 1. The highest BCUT2D eigenvalue weighted by Gasteiger charge is 2.18. The number of benzene rings is 1. The first-order valence-corrected chi connectivity index (χ1v) is 7.55. The van der Waals surface area contributed by atoms with Crippen LogP contribution in [0.15, 0.2) is 47.1 Å². The van der Waals surface area contributed by atoms with Gasteiger partial charge >= 0.3 is 5.97 Å². The van der Waals surface area contributed by atoms with E-state index in [1.54, 1.807) is 24.6 Å². The lowest BCUT2D eigenvalue weighted by atomic mass is 10.2. The Bertz CT molecular complexity index is 899. The predicted molar refractivity (Wildman–Crippen MR) is 88.5 cm³/mol. The van der Waals surface area contributed by atoms with Gasteiger partial charge in [-0.3, -0.25) is 4.79 Å². The number of hydrogen-bond donors (Lipinski definition) is 1. The van der Waals surface area contributed by atoms with Crippen molar-refractivity contribution in [1.82, 2.24) is 14.9 Å². The van der Waals surface area contributed by atoms with Crippen molar-refractivity contribution in [1.29, 1.82) is 0 Å². The van der Waals surface area contributed by atoms with Gasteiger partial charge in [0.25, 0.3) is 5.91 Å². The minimum atomic E-state index is -0.619. The Kier molecular flexibility index (Phi) is 4.60. The summed E-state index contributed by atoms with van der Waals surface area (Å²) in [5.74, 6) is -0.288. The molecule has 2 aromatic heterocycles. The van der Waals surface area contributed by atoms with Crippen LogP contribution in [0, 0.1) is 13.8 Å². The molecule has 0 radical (unpaired) electrons. The van der Waals surface area contributed by atoms with Crippen LogP contribution in [0.25, 0.3) is 5.69 Å². The van der Waals surface area contributed by atoms with E-state index < -0.39 is 18.5 Å². The van der Waals surface area contributed by atoms with E-state index in [1.165, 1.54) is 6.20 Å². The van der Waals surface area contributed by atoms with Crippen LogP contribution in [0.5, 0.6) is 0 Å². The van der Waals surface area contributed by atoms with E-state index in [0.29, 0.717) is 17.0 Å². The average Bonchev–Trinajstić information content (AvgIpc) is 3.19. The lowest BCUT2D eigenvalue weighted by molar-refractivity contribution is -0.119. The number of aromatic nitrogens is 3. The number of ether oxygens (including phenoxy) is 1. The van der Waals surface area contributed by atoms with E-state index in [-0.39, 0.29) is 5.82 Å². The molecule has 1 aromatic carbocycles. The number of hydrogen-bond acceptors (Lipinski definition) is 6. The lowest BCUT2D eigenvalue weighted by Gasteiger charge is -2.06. The van der Waals surface area contributed by atoms with E-state index in [2.05, 4.69) is 15.6 Å². The van der Waals surface area contributed by atoms with Crippen LogP contribution in [0.4, 0.5) is 5.82 Å². The summed E-state index contributed by atoms with van der Waals surface area (Å²) >= 11 is 0. The van der Waals surface area contributed by atoms with Crippen molar-refractivity contribution in [2.75, 3.05) is 11.9 Å². The average molecular weight is 340 g/mol. The van der Waals surface area contributed by atoms with Gasteiger partial charge in [-0.05, 0) is 26.0 Å². The largest absolute Gasteiger partial charge is 0.452 e. The maximum atomic E-state index is 12.2. The zero-order valence-electron chi connectivity index (χ0n) is 13.7. The Labute approximate surface area is 143 Å². The molecule has 0 aliphatic carbocycles. The number of esters is 1. The van der Waals surface area contributed by atoms with Gasteiger partial charge in [-0.15, -0.1) is 0 Å². The Morgan fingerprint density at radius 3 is 2.68 bits per heavy atom. The SMILES string of the molecule is Cc1cc(NC(=O)COC(=O)c2cnn(-c3ccccc3)c2C)no1. The van der Waals surface area contributed by atoms with Crippen molar-refractivity contribution in [3.8, 4) is 5.69 Å². The maximum Gasteiger partial charge on any atom is 0.342 e. The van der Waals surface area contributed by atoms with Gasteiger partial charge in [0.05, 0.1) is 17.6 Å². The molecule has 0 spiro atoms. The van der Waals surface area contributed by atoms with Crippen molar-refractivity contribution in [3.05, 3.63) is 59.6 Å². The van der Waals surface area contributed by atoms with Gasteiger partial charge in [-0.25, -0.2) is 9.48 Å². The second-order valence-corrected chi connectivity index (χ2v) is 5.34. The summed E-state index contributed by atoms with van der Waals surface area (Å²) in [6, 6.07) is 11.0. The van der Waals surface area contributed by atoms with Crippen molar-refractivity contribution in [2.45, 2.75) is 13.8 Å². The first-order valence-electron chi connectivity index (χ1n) is 7.55. The molecule has 0 unspecified atom stereocenters. The fraction of sp³-hybridized carbons (Fsp3) is 0.176. The molecule has 0 aliphatic heterocycles. The molecule has 3 aromatic rings. The fourth-order valence-corrected chi connectivity index (χ4v) is 2.25. The molecule has 1 N–H and O–H groups in total. The molecule has 25 heavy (non-hydrogen) atoms. The molecular formula is C17H16N4O4. The highest BCUT2D eigenvalue weighted by Crippen LogP contribution is 2.15. The molecule has 8 heteroatoms. The standard InChI is InChI=1S/C17H16N4O4/c1-11-8-15(20-25-11)19-16(22)10-24-17(23)14-9-18-21(12(14)2)13-6-4-3-5-7-13/h3-9H,10H2,1-2H3,(H,19,20,22). The third-order valence-electron chi connectivity index (χ3n) is 3.46. The second-order valence-electron chi connectivity index (χ2n) is 5.34. The molecule has 0 saturated heterocycles. The molecule has 0 fully saturated rings. The minimum absolute atomic E-state index is 0.270. The van der Waals surface area contributed by atoms with E-state index in [9.17, 15) is 9.59 Å². The molecule has 0 aliphatic rings.